The first-order valence-corrected chi connectivity index (χ1v) is 6.02. The van der Waals surface area contributed by atoms with Gasteiger partial charge in [-0.1, -0.05) is 48.5 Å². The second-order valence-corrected chi connectivity index (χ2v) is 4.19. The Hall–Kier alpha value is -2.68. The molecule has 0 atom stereocenters. The Morgan fingerprint density at radius 2 is 1.42 bits per heavy atom. The molecular weight excluding hydrogens is 237 g/mol. The highest BCUT2D eigenvalue weighted by Gasteiger charge is 2.05. The van der Waals surface area contributed by atoms with Crippen molar-refractivity contribution in [3.63, 3.8) is 0 Å². The molecule has 0 spiro atoms. The summed E-state index contributed by atoms with van der Waals surface area (Å²) in [7, 11) is 0. The van der Waals surface area contributed by atoms with Crippen LogP contribution < -0.4 is 0 Å². The lowest BCUT2D eigenvalue weighted by atomic mass is 10.1. The van der Waals surface area contributed by atoms with Gasteiger partial charge in [-0.2, -0.15) is 5.11 Å². The topological polar surface area (TPSA) is 45.0 Å². The third kappa shape index (κ3) is 2.31. The van der Waals surface area contributed by atoms with Gasteiger partial charge in [0.2, 0.25) is 0 Å². The molecule has 3 nitrogen and oxygen atoms in total. The summed E-state index contributed by atoms with van der Waals surface area (Å²) in [5.41, 5.74) is 1.26. The summed E-state index contributed by atoms with van der Waals surface area (Å²) in [6.45, 7) is 0. The number of phenols is 1. The van der Waals surface area contributed by atoms with Gasteiger partial charge in [0.25, 0.3) is 0 Å². The van der Waals surface area contributed by atoms with Crippen LogP contribution in [0.4, 0.5) is 11.4 Å². The molecule has 3 rings (SSSR count). The molecule has 92 valence electrons. The van der Waals surface area contributed by atoms with E-state index in [4.69, 9.17) is 0 Å². The lowest BCUT2D eigenvalue weighted by Crippen LogP contribution is -1.74. The highest BCUT2D eigenvalue weighted by atomic mass is 16.3. The third-order valence-corrected chi connectivity index (χ3v) is 2.90. The Balaban J connectivity index is 2.10. The number of benzene rings is 3. The third-order valence-electron chi connectivity index (χ3n) is 2.90. The van der Waals surface area contributed by atoms with Crippen molar-refractivity contribution in [1.82, 2.24) is 0 Å². The Kier molecular flexibility index (Phi) is 2.94. The molecule has 0 fully saturated rings. The van der Waals surface area contributed by atoms with Gasteiger partial charge >= 0.3 is 0 Å². The zero-order chi connectivity index (χ0) is 13.1. The quantitative estimate of drug-likeness (QED) is 0.506. The van der Waals surface area contributed by atoms with Gasteiger partial charge in [0.15, 0.2) is 0 Å². The number of fused-ring (bicyclic) bond motifs is 1. The molecule has 0 heterocycles. The number of hydrogen-bond acceptors (Lipinski definition) is 3. The fourth-order valence-electron chi connectivity index (χ4n) is 1.95. The van der Waals surface area contributed by atoms with Gasteiger partial charge in [-0.15, -0.1) is 5.11 Å². The van der Waals surface area contributed by atoms with E-state index in [2.05, 4.69) is 10.2 Å². The molecule has 1 N–H and O–H groups in total. The van der Waals surface area contributed by atoms with Crippen molar-refractivity contribution >= 4 is 22.1 Å². The molecule has 0 radical (unpaired) electrons. The van der Waals surface area contributed by atoms with Crippen molar-refractivity contribution in [2.45, 2.75) is 0 Å². The second-order valence-electron chi connectivity index (χ2n) is 4.19. The average molecular weight is 249 g/mol. The van der Waals surface area contributed by atoms with Gasteiger partial charge in [-0.05, 0) is 23.6 Å². The van der Waals surface area contributed by atoms with Crippen LogP contribution in [-0.4, -0.2) is 5.11 Å². The van der Waals surface area contributed by atoms with Crippen LogP contribution in [0.1, 0.15) is 0 Å². The number of nitrogens with zero attached hydrogens (tertiary/aromatic N) is 2. The molecular formula is C16H12N2O. The van der Waals surface area contributed by atoms with Crippen molar-refractivity contribution in [3.8, 4) is 5.75 Å². The molecule has 3 aromatic carbocycles. The van der Waals surface area contributed by atoms with Gasteiger partial charge in [0, 0.05) is 5.39 Å². The summed E-state index contributed by atoms with van der Waals surface area (Å²) < 4.78 is 0. The lowest BCUT2D eigenvalue weighted by Gasteiger charge is -2.03. The molecule has 0 saturated carbocycles. The van der Waals surface area contributed by atoms with Gasteiger partial charge in [0.1, 0.15) is 11.4 Å². The van der Waals surface area contributed by atoms with Crippen LogP contribution in [0.3, 0.4) is 0 Å². The Labute approximate surface area is 110 Å². The number of azo groups is 1. The molecule has 0 bridgehead atoms. The first-order valence-electron chi connectivity index (χ1n) is 6.02. The maximum absolute atomic E-state index is 9.93. The number of rotatable bonds is 2. The van der Waals surface area contributed by atoms with E-state index in [1.54, 1.807) is 6.07 Å². The van der Waals surface area contributed by atoms with E-state index in [1.807, 2.05) is 60.7 Å². The van der Waals surface area contributed by atoms with Crippen molar-refractivity contribution < 1.29 is 5.11 Å². The predicted molar refractivity (Wildman–Crippen MR) is 76.2 cm³/mol. The van der Waals surface area contributed by atoms with E-state index in [0.29, 0.717) is 5.69 Å². The van der Waals surface area contributed by atoms with E-state index < -0.39 is 0 Å². The lowest BCUT2D eigenvalue weighted by molar-refractivity contribution is 0.477. The van der Waals surface area contributed by atoms with Gasteiger partial charge in [-0.3, -0.25) is 0 Å². The minimum absolute atomic E-state index is 0.137. The SMILES string of the molecule is Oc1ccc2ccccc2c1N=[15N]c1ccccc1. The Bertz CT molecular complexity index is 736. The standard InChI is InChI=1S/C16H12N2O/c19-15-11-10-12-6-4-5-9-14(12)16(15)18-17-13-7-2-1-3-8-13/h1-11,19H/i17+1. The molecule has 0 unspecified atom stereocenters. The fraction of sp³-hybridized carbons (Fsp3) is 0. The first kappa shape index (κ1) is 11.4. The molecule has 3 aromatic rings. The van der Waals surface area contributed by atoms with E-state index in [0.717, 1.165) is 16.5 Å². The second kappa shape index (κ2) is 4.90. The van der Waals surface area contributed by atoms with Crippen LogP contribution in [0.5, 0.6) is 5.75 Å². The summed E-state index contributed by atoms with van der Waals surface area (Å²) in [5, 5.41) is 20.2. The van der Waals surface area contributed by atoms with E-state index in [-0.39, 0.29) is 5.75 Å². The monoisotopic (exact) mass is 249 g/mol. The molecule has 3 heteroatoms. The fourth-order valence-corrected chi connectivity index (χ4v) is 1.95. The highest BCUT2D eigenvalue weighted by Crippen LogP contribution is 2.35. The minimum Gasteiger partial charge on any atom is -0.506 e. The zero-order valence-electron chi connectivity index (χ0n) is 10.2. The van der Waals surface area contributed by atoms with Crippen LogP contribution in [0.25, 0.3) is 10.8 Å². The Morgan fingerprint density at radius 1 is 0.684 bits per heavy atom. The van der Waals surface area contributed by atoms with Crippen LogP contribution >= 0.6 is 0 Å². The van der Waals surface area contributed by atoms with Crippen LogP contribution in [-0.2, 0) is 0 Å². The Morgan fingerprint density at radius 3 is 2.26 bits per heavy atom. The first-order chi connectivity index (χ1) is 9.34. The summed E-state index contributed by atoms with van der Waals surface area (Å²) in [6, 6.07) is 20.7. The van der Waals surface area contributed by atoms with Crippen LogP contribution in [0, 0.1) is 0 Å². The number of phenolic OH excluding ortho intramolecular Hbond substituents is 1. The molecule has 0 aliphatic rings. The molecule has 0 saturated heterocycles. The normalized spacial score (nSPS) is 11.2. The maximum atomic E-state index is 9.93. The number of hydrogen-bond donors (Lipinski definition) is 1. The maximum Gasteiger partial charge on any atom is 0.143 e. The van der Waals surface area contributed by atoms with E-state index in [9.17, 15) is 5.11 Å². The highest BCUT2D eigenvalue weighted by molar-refractivity contribution is 5.95. The van der Waals surface area contributed by atoms with E-state index in [1.165, 1.54) is 0 Å². The summed E-state index contributed by atoms with van der Waals surface area (Å²) in [6.07, 6.45) is 0. The van der Waals surface area contributed by atoms with Crippen molar-refractivity contribution in [1.29, 1.82) is 0 Å². The van der Waals surface area contributed by atoms with E-state index >= 15 is 0 Å². The molecule has 0 aliphatic heterocycles. The average Bonchev–Trinajstić information content (AvgIpc) is 2.47. The van der Waals surface area contributed by atoms with Crippen molar-refractivity contribution in [2.75, 3.05) is 0 Å². The van der Waals surface area contributed by atoms with Crippen LogP contribution in [0.15, 0.2) is 77.0 Å². The predicted octanol–water partition coefficient (Wildman–Crippen LogP) is 4.96. The molecule has 0 amide bonds. The molecule has 19 heavy (non-hydrogen) atoms. The summed E-state index contributed by atoms with van der Waals surface area (Å²) >= 11 is 0. The smallest absolute Gasteiger partial charge is 0.143 e. The number of aromatic hydroxyl groups is 1. The van der Waals surface area contributed by atoms with Gasteiger partial charge in [0.05, 0.1) is 5.69 Å². The summed E-state index contributed by atoms with van der Waals surface area (Å²) in [5.74, 6) is 0.137. The zero-order valence-corrected chi connectivity index (χ0v) is 10.2. The largest absolute Gasteiger partial charge is 0.506 e. The molecule has 0 aromatic heterocycles. The summed E-state index contributed by atoms with van der Waals surface area (Å²) in [4.78, 5) is 0. The van der Waals surface area contributed by atoms with Gasteiger partial charge < -0.3 is 5.11 Å². The van der Waals surface area contributed by atoms with Crippen LogP contribution in [0.2, 0.25) is 0 Å². The van der Waals surface area contributed by atoms with Crippen molar-refractivity contribution in [3.05, 3.63) is 66.7 Å². The molecule has 0 aliphatic carbocycles. The minimum atomic E-state index is 0.137. The van der Waals surface area contributed by atoms with Crippen molar-refractivity contribution in [2.24, 2.45) is 10.2 Å². The van der Waals surface area contributed by atoms with Gasteiger partial charge in [-0.25, -0.2) is 0 Å².